The zero-order valence-corrected chi connectivity index (χ0v) is 21.3. The van der Waals surface area contributed by atoms with Gasteiger partial charge in [0.05, 0.1) is 12.5 Å². The van der Waals surface area contributed by atoms with Crippen LogP contribution in [-0.2, 0) is 35.2 Å². The van der Waals surface area contributed by atoms with Crippen molar-refractivity contribution in [2.75, 3.05) is 6.54 Å². The predicted octanol–water partition coefficient (Wildman–Crippen LogP) is -2.33. The highest BCUT2D eigenvalue weighted by Crippen LogP contribution is 2.11. The third-order valence-corrected chi connectivity index (χ3v) is 5.61. The highest BCUT2D eigenvalue weighted by Gasteiger charge is 2.31. The lowest BCUT2D eigenvalue weighted by Crippen LogP contribution is -2.57. The number of amides is 4. The number of aromatic hydroxyl groups is 1. The number of phenols is 1. The third-order valence-electron chi connectivity index (χ3n) is 5.61. The van der Waals surface area contributed by atoms with Crippen LogP contribution in [0, 0.1) is 0 Å². The lowest BCUT2D eigenvalue weighted by atomic mass is 10.0. The fourth-order valence-electron chi connectivity index (χ4n) is 3.49. The average molecular weight is 553 g/mol. The van der Waals surface area contributed by atoms with Crippen LogP contribution in [0.5, 0.6) is 5.75 Å². The fourth-order valence-corrected chi connectivity index (χ4v) is 3.49. The van der Waals surface area contributed by atoms with Gasteiger partial charge >= 0.3 is 11.9 Å². The second-order valence-corrected chi connectivity index (χ2v) is 8.89. The van der Waals surface area contributed by atoms with Crippen molar-refractivity contribution in [2.45, 2.75) is 69.1 Å². The van der Waals surface area contributed by atoms with Gasteiger partial charge in [0.2, 0.25) is 23.6 Å². The summed E-state index contributed by atoms with van der Waals surface area (Å²) in [5.41, 5.74) is 17.3. The Kier molecular flexibility index (Phi) is 13.9. The van der Waals surface area contributed by atoms with Crippen molar-refractivity contribution in [1.29, 1.82) is 0 Å². The number of unbranched alkanes of at least 4 members (excludes halogenated alkanes) is 1. The number of hydrogen-bond acceptors (Lipinski definition) is 9. The van der Waals surface area contributed by atoms with Gasteiger partial charge in [-0.15, -0.1) is 0 Å². The molecule has 0 saturated heterocycles. The minimum Gasteiger partial charge on any atom is -0.508 e. The van der Waals surface area contributed by atoms with Crippen LogP contribution < -0.4 is 33.2 Å². The average Bonchev–Trinajstić information content (AvgIpc) is 2.86. The van der Waals surface area contributed by atoms with Gasteiger partial charge in [0.1, 0.15) is 23.9 Å². The molecule has 1 rings (SSSR count). The molecule has 216 valence electrons. The standard InChI is InChI=1S/C24H36N6O9/c25-10-2-1-3-16(28-21(35)15(26)11-13-4-6-14(31)7-5-13)22(36)29-17(8-9-19(27)32)23(37)30-18(24(38)39)12-20(33)34/h4-7,15-18,31H,1-3,8-12,25-26H2,(H2,27,32)(H,28,35)(H,29,36)(H,30,37)(H,33,34)(H,38,39). The summed E-state index contributed by atoms with van der Waals surface area (Å²) in [6, 6.07) is 0.585. The number of rotatable bonds is 18. The number of nitrogens with two attached hydrogens (primary N) is 3. The third kappa shape index (κ3) is 12.7. The maximum Gasteiger partial charge on any atom is 0.326 e. The Morgan fingerprint density at radius 3 is 1.85 bits per heavy atom. The van der Waals surface area contributed by atoms with Crippen LogP contribution in [0.2, 0.25) is 0 Å². The Morgan fingerprint density at radius 1 is 0.795 bits per heavy atom. The molecule has 0 aromatic heterocycles. The summed E-state index contributed by atoms with van der Waals surface area (Å²) in [7, 11) is 0. The molecule has 0 saturated carbocycles. The van der Waals surface area contributed by atoms with Crippen molar-refractivity contribution in [1.82, 2.24) is 16.0 Å². The van der Waals surface area contributed by atoms with E-state index in [2.05, 4.69) is 10.6 Å². The lowest BCUT2D eigenvalue weighted by molar-refractivity contribution is -0.147. The summed E-state index contributed by atoms with van der Waals surface area (Å²) < 4.78 is 0. The van der Waals surface area contributed by atoms with Gasteiger partial charge in [-0.3, -0.25) is 24.0 Å². The first-order valence-corrected chi connectivity index (χ1v) is 12.2. The van der Waals surface area contributed by atoms with Gasteiger partial charge in [0, 0.05) is 6.42 Å². The summed E-state index contributed by atoms with van der Waals surface area (Å²) in [6.07, 6.45) is -0.393. The van der Waals surface area contributed by atoms with Gasteiger partial charge in [0.25, 0.3) is 0 Å². The number of nitrogens with one attached hydrogen (secondary N) is 3. The normalized spacial score (nSPS) is 13.8. The predicted molar refractivity (Wildman–Crippen MR) is 137 cm³/mol. The van der Waals surface area contributed by atoms with E-state index in [4.69, 9.17) is 22.3 Å². The summed E-state index contributed by atoms with van der Waals surface area (Å²) in [6.45, 7) is 0.326. The summed E-state index contributed by atoms with van der Waals surface area (Å²) in [5.74, 6) is -6.37. The van der Waals surface area contributed by atoms with E-state index >= 15 is 0 Å². The topological polar surface area (TPSA) is 277 Å². The SMILES string of the molecule is NCCCCC(NC(=O)C(N)Cc1ccc(O)cc1)C(=O)NC(CCC(N)=O)C(=O)NC(CC(=O)O)C(=O)O. The Labute approximate surface area is 224 Å². The molecule has 0 heterocycles. The molecular formula is C24H36N6O9. The number of carbonyl (C=O) groups excluding carboxylic acids is 4. The Morgan fingerprint density at radius 2 is 1.33 bits per heavy atom. The highest BCUT2D eigenvalue weighted by atomic mass is 16.4. The van der Waals surface area contributed by atoms with Crippen molar-refractivity contribution in [3.8, 4) is 5.75 Å². The maximum absolute atomic E-state index is 13.1. The first-order valence-electron chi connectivity index (χ1n) is 12.2. The second-order valence-electron chi connectivity index (χ2n) is 8.89. The van der Waals surface area contributed by atoms with Crippen LogP contribution in [0.1, 0.15) is 44.1 Å². The molecule has 4 amide bonds. The smallest absolute Gasteiger partial charge is 0.326 e. The maximum atomic E-state index is 13.1. The molecule has 0 radical (unpaired) electrons. The number of aliphatic carboxylic acids is 2. The molecule has 0 aliphatic heterocycles. The second kappa shape index (κ2) is 16.6. The van der Waals surface area contributed by atoms with Crippen molar-refractivity contribution in [2.24, 2.45) is 17.2 Å². The largest absolute Gasteiger partial charge is 0.508 e. The minimum atomic E-state index is -1.79. The number of phenolic OH excluding ortho intramolecular Hbond substituents is 1. The minimum absolute atomic E-state index is 0.0426. The first kappa shape index (κ1) is 32.8. The molecule has 0 aliphatic rings. The molecule has 1 aromatic rings. The van der Waals surface area contributed by atoms with E-state index in [0.717, 1.165) is 0 Å². The van der Waals surface area contributed by atoms with E-state index < -0.39 is 66.2 Å². The van der Waals surface area contributed by atoms with Gasteiger partial charge in [0.15, 0.2) is 0 Å². The quantitative estimate of drug-likeness (QED) is 0.0871. The number of primary amides is 1. The van der Waals surface area contributed by atoms with Crippen LogP contribution in [0.4, 0.5) is 0 Å². The molecule has 39 heavy (non-hydrogen) atoms. The summed E-state index contributed by atoms with van der Waals surface area (Å²) in [4.78, 5) is 72.2. The molecule has 0 aliphatic carbocycles. The van der Waals surface area contributed by atoms with Gasteiger partial charge < -0.3 is 48.5 Å². The molecule has 0 bridgehead atoms. The van der Waals surface area contributed by atoms with Crippen molar-refractivity contribution < 1.29 is 44.1 Å². The molecule has 4 unspecified atom stereocenters. The number of carboxylic acid groups (broad SMARTS) is 2. The van der Waals surface area contributed by atoms with E-state index in [1.54, 1.807) is 12.1 Å². The van der Waals surface area contributed by atoms with Gasteiger partial charge in [-0.1, -0.05) is 12.1 Å². The molecule has 15 heteroatoms. The van der Waals surface area contributed by atoms with Crippen LogP contribution in [0.3, 0.4) is 0 Å². The fraction of sp³-hybridized carbons (Fsp3) is 0.500. The summed E-state index contributed by atoms with van der Waals surface area (Å²) >= 11 is 0. The van der Waals surface area contributed by atoms with Gasteiger partial charge in [-0.2, -0.15) is 0 Å². The molecule has 0 spiro atoms. The molecular weight excluding hydrogens is 516 g/mol. The van der Waals surface area contributed by atoms with Crippen LogP contribution in [0.25, 0.3) is 0 Å². The Bertz CT molecular complexity index is 1020. The first-order chi connectivity index (χ1) is 18.3. The summed E-state index contributed by atoms with van der Waals surface area (Å²) in [5, 5.41) is 34.5. The van der Waals surface area contributed by atoms with E-state index in [1.807, 2.05) is 5.32 Å². The Hall–Kier alpha value is -4.24. The van der Waals surface area contributed by atoms with Crippen LogP contribution >= 0.6 is 0 Å². The zero-order chi connectivity index (χ0) is 29.5. The Balaban J connectivity index is 3.02. The van der Waals surface area contributed by atoms with Crippen molar-refractivity contribution in [3.63, 3.8) is 0 Å². The molecule has 15 nitrogen and oxygen atoms in total. The molecule has 1 aromatic carbocycles. The number of benzene rings is 1. The van der Waals surface area contributed by atoms with E-state index in [9.17, 15) is 39.0 Å². The van der Waals surface area contributed by atoms with Gasteiger partial charge in [-0.25, -0.2) is 4.79 Å². The van der Waals surface area contributed by atoms with Crippen LogP contribution in [0.15, 0.2) is 24.3 Å². The number of hydrogen-bond donors (Lipinski definition) is 9. The molecule has 4 atom stereocenters. The molecule has 12 N–H and O–H groups in total. The molecule has 0 fully saturated rings. The number of carbonyl (C=O) groups is 6. The van der Waals surface area contributed by atoms with E-state index in [1.165, 1.54) is 12.1 Å². The zero-order valence-electron chi connectivity index (χ0n) is 21.3. The lowest BCUT2D eigenvalue weighted by Gasteiger charge is -2.25. The number of carboxylic acids is 2. The monoisotopic (exact) mass is 552 g/mol. The highest BCUT2D eigenvalue weighted by molar-refractivity contribution is 5.95. The van der Waals surface area contributed by atoms with Gasteiger partial charge in [-0.05, 0) is 56.3 Å². The van der Waals surface area contributed by atoms with E-state index in [-0.39, 0.29) is 31.4 Å². The van der Waals surface area contributed by atoms with Crippen molar-refractivity contribution in [3.05, 3.63) is 29.8 Å². The van der Waals surface area contributed by atoms with Crippen LogP contribution in [-0.4, -0.2) is 81.6 Å². The van der Waals surface area contributed by atoms with E-state index in [0.29, 0.717) is 24.9 Å². The van der Waals surface area contributed by atoms with Crippen molar-refractivity contribution >= 4 is 35.6 Å².